The lowest BCUT2D eigenvalue weighted by Gasteiger charge is -2.32. The van der Waals surface area contributed by atoms with Gasteiger partial charge in [0.15, 0.2) is 0 Å². The number of morpholine rings is 1. The molecule has 8 nitrogen and oxygen atoms in total. The first-order valence-corrected chi connectivity index (χ1v) is 15.8. The summed E-state index contributed by atoms with van der Waals surface area (Å²) in [4.78, 5) is 15.5. The molecule has 7 rings (SSSR count). The molecule has 0 atom stereocenters. The number of ether oxygens (including phenoxy) is 1. The summed E-state index contributed by atoms with van der Waals surface area (Å²) >= 11 is 0. The van der Waals surface area contributed by atoms with Crippen molar-refractivity contribution in [2.75, 3.05) is 102 Å². The zero-order valence-corrected chi connectivity index (χ0v) is 24.7. The molecule has 0 amide bonds. The van der Waals surface area contributed by atoms with Crippen LogP contribution in [0.15, 0.2) is 42.5 Å². The number of para-hydroxylation sites is 1. The number of likely N-dealkylation sites (N-methyl/N-ethyl adjacent to an activating group) is 1. The minimum absolute atomic E-state index is 0.868. The number of benzene rings is 2. The SMILES string of the molecule is CN1CCN(CCCNc2ccc3c(c2)c2nc4ccccc4c4c2n3CCCN4CCCN2CCOCC2)CC1. The molecule has 2 aromatic carbocycles. The lowest BCUT2D eigenvalue weighted by atomic mass is 10.1. The Hall–Kier alpha value is -2.91. The summed E-state index contributed by atoms with van der Waals surface area (Å²) in [6, 6.07) is 15.7. The van der Waals surface area contributed by atoms with E-state index >= 15 is 0 Å². The molecular weight excluding hydrogens is 510 g/mol. The van der Waals surface area contributed by atoms with Crippen molar-refractivity contribution >= 4 is 44.2 Å². The number of hydrogen-bond acceptors (Lipinski definition) is 7. The van der Waals surface area contributed by atoms with Gasteiger partial charge < -0.3 is 29.3 Å². The molecule has 1 N–H and O–H groups in total. The van der Waals surface area contributed by atoms with E-state index in [1.807, 2.05) is 0 Å². The molecule has 0 spiro atoms. The van der Waals surface area contributed by atoms with Crippen molar-refractivity contribution in [2.24, 2.45) is 0 Å². The average Bonchev–Trinajstić information content (AvgIpc) is 3.17. The van der Waals surface area contributed by atoms with Crippen molar-refractivity contribution in [3.05, 3.63) is 42.5 Å². The van der Waals surface area contributed by atoms with E-state index in [2.05, 4.69) is 79.0 Å². The fourth-order valence-electron chi connectivity index (χ4n) is 7.04. The molecule has 0 unspecified atom stereocenters. The molecule has 2 saturated heterocycles. The lowest BCUT2D eigenvalue weighted by Crippen LogP contribution is -2.44. The van der Waals surface area contributed by atoms with Gasteiger partial charge in [0.2, 0.25) is 0 Å². The van der Waals surface area contributed by atoms with Gasteiger partial charge in [-0.3, -0.25) is 4.90 Å². The smallest absolute Gasteiger partial charge is 0.0989 e. The number of nitrogens with zero attached hydrogens (tertiary/aromatic N) is 6. The maximum atomic E-state index is 5.56. The Balaban J connectivity index is 1.16. The number of nitrogens with one attached hydrogen (secondary N) is 1. The summed E-state index contributed by atoms with van der Waals surface area (Å²) in [5.74, 6) is 0. The van der Waals surface area contributed by atoms with Crippen LogP contribution in [-0.4, -0.2) is 117 Å². The highest BCUT2D eigenvalue weighted by atomic mass is 16.5. The maximum absolute atomic E-state index is 5.56. The van der Waals surface area contributed by atoms with Crippen LogP contribution in [0.3, 0.4) is 0 Å². The monoisotopic (exact) mass is 555 g/mol. The second-order valence-corrected chi connectivity index (χ2v) is 12.1. The van der Waals surface area contributed by atoms with Crippen LogP contribution in [0.5, 0.6) is 0 Å². The number of fused-ring (bicyclic) bond motifs is 5. The van der Waals surface area contributed by atoms with E-state index in [4.69, 9.17) is 9.72 Å². The summed E-state index contributed by atoms with van der Waals surface area (Å²) in [6.07, 6.45) is 3.47. The van der Waals surface area contributed by atoms with Crippen molar-refractivity contribution in [3.63, 3.8) is 0 Å². The lowest BCUT2D eigenvalue weighted by molar-refractivity contribution is 0.0376. The maximum Gasteiger partial charge on any atom is 0.0989 e. The molecule has 0 bridgehead atoms. The van der Waals surface area contributed by atoms with Crippen LogP contribution in [-0.2, 0) is 11.3 Å². The van der Waals surface area contributed by atoms with Gasteiger partial charge in [-0.1, -0.05) is 18.2 Å². The number of piperazine rings is 1. The van der Waals surface area contributed by atoms with Gasteiger partial charge in [-0.15, -0.1) is 0 Å². The van der Waals surface area contributed by atoms with Crippen LogP contribution < -0.4 is 10.2 Å². The van der Waals surface area contributed by atoms with E-state index < -0.39 is 0 Å². The summed E-state index contributed by atoms with van der Waals surface area (Å²) in [5, 5.41) is 6.27. The van der Waals surface area contributed by atoms with Crippen molar-refractivity contribution in [3.8, 4) is 0 Å². The Morgan fingerprint density at radius 1 is 0.805 bits per heavy atom. The van der Waals surface area contributed by atoms with Crippen molar-refractivity contribution in [2.45, 2.75) is 25.8 Å². The van der Waals surface area contributed by atoms with E-state index in [9.17, 15) is 0 Å². The number of rotatable bonds is 9. The second kappa shape index (κ2) is 12.1. The molecule has 41 heavy (non-hydrogen) atoms. The Morgan fingerprint density at radius 2 is 1.61 bits per heavy atom. The highest BCUT2D eigenvalue weighted by Gasteiger charge is 2.25. The van der Waals surface area contributed by atoms with Gasteiger partial charge in [0, 0.05) is 88.5 Å². The molecule has 0 aliphatic carbocycles. The van der Waals surface area contributed by atoms with Gasteiger partial charge >= 0.3 is 0 Å². The third-order valence-electron chi connectivity index (χ3n) is 9.36. The van der Waals surface area contributed by atoms with Gasteiger partial charge in [-0.25, -0.2) is 4.98 Å². The Kier molecular flexibility index (Phi) is 7.98. The molecule has 218 valence electrons. The first kappa shape index (κ1) is 27.0. The third kappa shape index (κ3) is 5.63. The molecule has 3 aliphatic rings. The van der Waals surface area contributed by atoms with Crippen LogP contribution in [0.2, 0.25) is 0 Å². The van der Waals surface area contributed by atoms with Gasteiger partial charge in [-0.05, 0) is 57.1 Å². The number of aromatic nitrogens is 2. The molecule has 5 heterocycles. The fourth-order valence-corrected chi connectivity index (χ4v) is 7.04. The van der Waals surface area contributed by atoms with Crippen LogP contribution in [0.1, 0.15) is 19.3 Å². The standard InChI is InChI=1S/C33H45N7O/c1-36-17-19-37(20-18-36)12-4-11-34-26-9-10-30-28(25-26)31-33-32(27-7-2-3-8-29(27)35-31)39(15-6-16-40(30)33)14-5-13-38-21-23-41-24-22-38/h2-3,7-10,25,34H,4-6,11-24H2,1H3. The van der Waals surface area contributed by atoms with E-state index in [0.29, 0.717) is 0 Å². The van der Waals surface area contributed by atoms with E-state index in [0.717, 1.165) is 82.9 Å². The van der Waals surface area contributed by atoms with Crippen molar-refractivity contribution < 1.29 is 4.74 Å². The van der Waals surface area contributed by atoms with Crippen molar-refractivity contribution in [1.29, 1.82) is 0 Å². The minimum Gasteiger partial charge on any atom is -0.385 e. The van der Waals surface area contributed by atoms with Gasteiger partial charge in [0.25, 0.3) is 0 Å². The molecule has 3 aliphatic heterocycles. The predicted octanol–water partition coefficient (Wildman–Crippen LogP) is 4.32. The number of pyridine rings is 1. The van der Waals surface area contributed by atoms with E-state index in [1.165, 1.54) is 72.3 Å². The highest BCUT2D eigenvalue weighted by Crippen LogP contribution is 2.41. The van der Waals surface area contributed by atoms with Crippen LogP contribution in [0, 0.1) is 0 Å². The van der Waals surface area contributed by atoms with E-state index in [1.54, 1.807) is 0 Å². The van der Waals surface area contributed by atoms with Gasteiger partial charge in [0.1, 0.15) is 0 Å². The first-order chi connectivity index (χ1) is 20.2. The van der Waals surface area contributed by atoms with E-state index in [-0.39, 0.29) is 0 Å². The summed E-state index contributed by atoms with van der Waals surface area (Å²) in [7, 11) is 2.22. The molecule has 8 heteroatoms. The zero-order valence-electron chi connectivity index (χ0n) is 24.7. The molecule has 4 aromatic rings. The Morgan fingerprint density at radius 3 is 2.49 bits per heavy atom. The van der Waals surface area contributed by atoms with Crippen molar-refractivity contribution in [1.82, 2.24) is 24.3 Å². The molecular formula is C33H45N7O. The third-order valence-corrected chi connectivity index (χ3v) is 9.36. The minimum atomic E-state index is 0.868. The number of aryl methyl sites for hydroxylation is 1. The van der Waals surface area contributed by atoms with Crippen LogP contribution >= 0.6 is 0 Å². The Bertz CT molecular complexity index is 1490. The van der Waals surface area contributed by atoms with Crippen LogP contribution in [0.25, 0.3) is 32.8 Å². The summed E-state index contributed by atoms with van der Waals surface area (Å²) < 4.78 is 8.12. The molecule has 2 aromatic heterocycles. The fraction of sp³-hybridized carbons (Fsp3) is 0.545. The molecule has 0 radical (unpaired) electrons. The second-order valence-electron chi connectivity index (χ2n) is 12.1. The Labute approximate surface area is 243 Å². The van der Waals surface area contributed by atoms with Gasteiger partial charge in [-0.2, -0.15) is 0 Å². The number of hydrogen-bond donors (Lipinski definition) is 1. The summed E-state index contributed by atoms with van der Waals surface area (Å²) in [5.41, 5.74) is 7.44. The highest BCUT2D eigenvalue weighted by molar-refractivity contribution is 6.17. The van der Waals surface area contributed by atoms with Gasteiger partial charge in [0.05, 0.1) is 41.0 Å². The summed E-state index contributed by atoms with van der Waals surface area (Å²) in [6.45, 7) is 15.1. The molecule has 2 fully saturated rings. The first-order valence-electron chi connectivity index (χ1n) is 15.8. The largest absolute Gasteiger partial charge is 0.385 e. The normalized spacial score (nSPS) is 19.4. The zero-order chi connectivity index (χ0) is 27.6. The topological polar surface area (TPSA) is 52.0 Å². The quantitative estimate of drug-likeness (QED) is 0.309. The number of anilines is 2. The average molecular weight is 556 g/mol. The van der Waals surface area contributed by atoms with Crippen LogP contribution in [0.4, 0.5) is 11.4 Å². The predicted molar refractivity (Wildman–Crippen MR) is 170 cm³/mol. The molecule has 0 saturated carbocycles.